The third kappa shape index (κ3) is 5.53. The molecule has 23 heavy (non-hydrogen) atoms. The van der Waals surface area contributed by atoms with E-state index in [2.05, 4.69) is 55.6 Å². The van der Waals surface area contributed by atoms with Crippen molar-refractivity contribution in [3.63, 3.8) is 0 Å². The molecule has 6 heteroatoms. The molecule has 0 aromatic carbocycles. The van der Waals surface area contributed by atoms with Crippen molar-refractivity contribution in [3.8, 4) is 11.5 Å². The van der Waals surface area contributed by atoms with Crippen molar-refractivity contribution in [2.75, 3.05) is 0 Å². The first kappa shape index (κ1) is 18.9. The highest BCUT2D eigenvalue weighted by Gasteiger charge is 2.33. The van der Waals surface area contributed by atoms with Crippen LogP contribution in [0.5, 0.6) is 0 Å². The number of rotatable bonds is 4. The van der Waals surface area contributed by atoms with Gasteiger partial charge in [0.2, 0.25) is 5.91 Å². The Labute approximate surface area is 139 Å². The SMILES string of the molecule is CC(C)(C)[Si](C)(C)C#CC[C@@H](NC(=O)c1cccnc1)C(N)=O. The van der Waals surface area contributed by atoms with Crippen LogP contribution in [0.15, 0.2) is 24.5 Å². The minimum absolute atomic E-state index is 0.140. The van der Waals surface area contributed by atoms with Gasteiger partial charge in [0.05, 0.1) is 5.56 Å². The largest absolute Gasteiger partial charge is 0.368 e. The molecule has 0 aliphatic heterocycles. The number of aromatic nitrogens is 1. The highest BCUT2D eigenvalue weighted by atomic mass is 28.3. The Morgan fingerprint density at radius 2 is 2.04 bits per heavy atom. The Kier molecular flexibility index (Phi) is 6.10. The van der Waals surface area contributed by atoms with Crippen molar-refractivity contribution in [2.45, 2.75) is 51.4 Å². The molecule has 1 rings (SSSR count). The fraction of sp³-hybridized carbons (Fsp3) is 0.471. The van der Waals surface area contributed by atoms with Crippen molar-refractivity contribution in [1.29, 1.82) is 0 Å². The van der Waals surface area contributed by atoms with Crippen LogP contribution < -0.4 is 11.1 Å². The fourth-order valence-electron chi connectivity index (χ4n) is 1.52. The van der Waals surface area contributed by atoms with Gasteiger partial charge in [-0.25, -0.2) is 0 Å². The number of nitrogens with one attached hydrogen (secondary N) is 1. The summed E-state index contributed by atoms with van der Waals surface area (Å²) in [6, 6.07) is 2.48. The first-order valence-electron chi connectivity index (χ1n) is 7.55. The quantitative estimate of drug-likeness (QED) is 0.654. The summed E-state index contributed by atoms with van der Waals surface area (Å²) in [5.41, 5.74) is 9.07. The molecule has 0 unspecified atom stereocenters. The minimum Gasteiger partial charge on any atom is -0.368 e. The molecule has 0 spiro atoms. The normalized spacial score (nSPS) is 12.7. The molecule has 5 nitrogen and oxygen atoms in total. The van der Waals surface area contributed by atoms with Gasteiger partial charge in [0.25, 0.3) is 5.91 Å². The van der Waals surface area contributed by atoms with E-state index in [1.165, 1.54) is 6.20 Å². The second-order valence-electron chi connectivity index (χ2n) is 7.05. The number of hydrogen-bond acceptors (Lipinski definition) is 3. The molecule has 1 aromatic rings. The Balaban J connectivity index is 2.79. The van der Waals surface area contributed by atoms with Crippen molar-refractivity contribution in [2.24, 2.45) is 5.73 Å². The number of hydrogen-bond donors (Lipinski definition) is 2. The monoisotopic (exact) mass is 331 g/mol. The summed E-state index contributed by atoms with van der Waals surface area (Å²) in [7, 11) is -1.75. The zero-order chi connectivity index (χ0) is 17.7. The van der Waals surface area contributed by atoms with Crippen LogP contribution in [0, 0.1) is 11.5 Å². The van der Waals surface area contributed by atoms with Gasteiger partial charge in [0, 0.05) is 18.8 Å². The topological polar surface area (TPSA) is 85.1 Å². The molecule has 0 fully saturated rings. The first-order chi connectivity index (χ1) is 10.5. The van der Waals surface area contributed by atoms with E-state index in [0.717, 1.165) is 0 Å². The van der Waals surface area contributed by atoms with Crippen LogP contribution in [0.4, 0.5) is 0 Å². The van der Waals surface area contributed by atoms with E-state index in [0.29, 0.717) is 5.56 Å². The van der Waals surface area contributed by atoms with Gasteiger partial charge < -0.3 is 11.1 Å². The van der Waals surface area contributed by atoms with E-state index >= 15 is 0 Å². The van der Waals surface area contributed by atoms with Gasteiger partial charge in [-0.05, 0) is 17.2 Å². The number of primary amides is 1. The molecule has 1 heterocycles. The maximum absolute atomic E-state index is 12.1. The van der Waals surface area contributed by atoms with Gasteiger partial charge in [-0.1, -0.05) is 33.9 Å². The van der Waals surface area contributed by atoms with E-state index in [4.69, 9.17) is 5.73 Å². The van der Waals surface area contributed by atoms with E-state index in [9.17, 15) is 9.59 Å². The summed E-state index contributed by atoms with van der Waals surface area (Å²) in [5.74, 6) is 2.08. The van der Waals surface area contributed by atoms with Gasteiger partial charge in [-0.2, -0.15) is 0 Å². The summed E-state index contributed by atoms with van der Waals surface area (Å²) in [6.07, 6.45) is 3.23. The molecule has 1 atom stereocenters. The molecule has 0 radical (unpaired) electrons. The molecule has 0 bridgehead atoms. The van der Waals surface area contributed by atoms with Gasteiger partial charge >= 0.3 is 0 Å². The van der Waals surface area contributed by atoms with Gasteiger partial charge in [0.15, 0.2) is 0 Å². The number of nitrogens with two attached hydrogens (primary N) is 1. The number of pyridine rings is 1. The van der Waals surface area contributed by atoms with Crippen LogP contribution >= 0.6 is 0 Å². The lowest BCUT2D eigenvalue weighted by atomic mass is 10.2. The van der Waals surface area contributed by atoms with Gasteiger partial charge in [-0.3, -0.25) is 14.6 Å². The highest BCUT2D eigenvalue weighted by molar-refractivity contribution is 6.87. The van der Waals surface area contributed by atoms with Crippen LogP contribution in [-0.4, -0.2) is 30.9 Å². The molecule has 0 aliphatic carbocycles. The molecule has 0 saturated heterocycles. The van der Waals surface area contributed by atoms with Crippen molar-refractivity contribution in [1.82, 2.24) is 10.3 Å². The molecule has 2 amide bonds. The predicted molar refractivity (Wildman–Crippen MR) is 94.3 cm³/mol. The Morgan fingerprint density at radius 3 is 2.52 bits per heavy atom. The van der Waals surface area contributed by atoms with Crippen LogP contribution in [0.25, 0.3) is 0 Å². The van der Waals surface area contributed by atoms with Crippen molar-refractivity contribution >= 4 is 19.9 Å². The van der Waals surface area contributed by atoms with E-state index in [-0.39, 0.29) is 17.4 Å². The van der Waals surface area contributed by atoms with Crippen LogP contribution in [-0.2, 0) is 4.79 Å². The third-order valence-electron chi connectivity index (χ3n) is 4.15. The fourth-order valence-corrected chi connectivity index (χ4v) is 2.44. The molecule has 3 N–H and O–H groups in total. The zero-order valence-electron chi connectivity index (χ0n) is 14.4. The van der Waals surface area contributed by atoms with E-state index in [1.807, 2.05) is 0 Å². The molecule has 0 aliphatic rings. The minimum atomic E-state index is -1.75. The Hall–Kier alpha value is -2.13. The van der Waals surface area contributed by atoms with Crippen LogP contribution in [0.2, 0.25) is 18.1 Å². The lowest BCUT2D eigenvalue weighted by molar-refractivity contribution is -0.119. The second kappa shape index (κ2) is 7.42. The van der Waals surface area contributed by atoms with Crippen LogP contribution in [0.1, 0.15) is 37.6 Å². The van der Waals surface area contributed by atoms with Crippen molar-refractivity contribution in [3.05, 3.63) is 30.1 Å². The summed E-state index contributed by atoms with van der Waals surface area (Å²) in [6.45, 7) is 10.9. The standard InChI is InChI=1S/C17H25N3O2Si/c1-17(2,3)23(4,5)11-7-9-14(15(18)21)20-16(22)13-8-6-10-19-12-13/h6,8,10,12,14H,9H2,1-5H3,(H2,18,21)(H,20,22)/t14-/m1/s1. The lowest BCUT2D eigenvalue weighted by Gasteiger charge is -2.31. The molecular weight excluding hydrogens is 306 g/mol. The highest BCUT2D eigenvalue weighted by Crippen LogP contribution is 2.35. The summed E-state index contributed by atoms with van der Waals surface area (Å²) in [5, 5.41) is 2.76. The van der Waals surface area contributed by atoms with Crippen molar-refractivity contribution < 1.29 is 9.59 Å². The predicted octanol–water partition coefficient (Wildman–Crippen LogP) is 2.11. The Bertz CT molecular complexity index is 625. The summed E-state index contributed by atoms with van der Waals surface area (Å²) < 4.78 is 0. The third-order valence-corrected chi connectivity index (χ3v) is 8.71. The maximum atomic E-state index is 12.1. The van der Waals surface area contributed by atoms with Gasteiger partial charge in [0.1, 0.15) is 14.1 Å². The average molecular weight is 331 g/mol. The van der Waals surface area contributed by atoms with Crippen LogP contribution in [0.3, 0.4) is 0 Å². The molecule has 0 saturated carbocycles. The number of amides is 2. The smallest absolute Gasteiger partial charge is 0.253 e. The number of carbonyl (C=O) groups is 2. The molecule has 124 valence electrons. The zero-order valence-corrected chi connectivity index (χ0v) is 15.4. The summed E-state index contributed by atoms with van der Waals surface area (Å²) in [4.78, 5) is 27.5. The molecule has 1 aromatic heterocycles. The first-order valence-corrected chi connectivity index (χ1v) is 10.5. The Morgan fingerprint density at radius 1 is 1.39 bits per heavy atom. The molecular formula is C17H25N3O2Si. The number of carbonyl (C=O) groups excluding carboxylic acids is 2. The maximum Gasteiger partial charge on any atom is 0.253 e. The van der Waals surface area contributed by atoms with E-state index in [1.54, 1.807) is 18.3 Å². The lowest BCUT2D eigenvalue weighted by Crippen LogP contribution is -2.44. The second-order valence-corrected chi connectivity index (χ2v) is 12.1. The number of nitrogens with zero attached hydrogens (tertiary/aromatic N) is 1. The average Bonchev–Trinajstić information content (AvgIpc) is 2.45. The summed E-state index contributed by atoms with van der Waals surface area (Å²) >= 11 is 0. The van der Waals surface area contributed by atoms with E-state index < -0.39 is 20.0 Å². The van der Waals surface area contributed by atoms with Gasteiger partial charge in [-0.15, -0.1) is 11.5 Å².